The average molecular weight is 338 g/mol. The van der Waals surface area contributed by atoms with Crippen molar-refractivity contribution in [2.24, 2.45) is 0 Å². The van der Waals surface area contributed by atoms with Gasteiger partial charge in [0.1, 0.15) is 0 Å². The molecule has 0 amide bonds. The first-order valence-corrected chi connectivity index (χ1v) is 7.83. The SMILES string of the molecule is CN1CC2CCC1c1c2c(O)n(-c2cccc(C(F)(F)F)c2)c1O. The van der Waals surface area contributed by atoms with Gasteiger partial charge >= 0.3 is 6.18 Å². The predicted molar refractivity (Wildman–Crippen MR) is 81.4 cm³/mol. The molecule has 5 rings (SSSR count). The van der Waals surface area contributed by atoms with Crippen LogP contribution < -0.4 is 0 Å². The van der Waals surface area contributed by atoms with Crippen LogP contribution in [0.2, 0.25) is 0 Å². The Morgan fingerprint density at radius 3 is 2.46 bits per heavy atom. The van der Waals surface area contributed by atoms with Gasteiger partial charge in [-0.1, -0.05) is 6.07 Å². The van der Waals surface area contributed by atoms with Crippen molar-refractivity contribution in [3.63, 3.8) is 0 Å². The first-order chi connectivity index (χ1) is 11.3. The Morgan fingerprint density at radius 1 is 1.08 bits per heavy atom. The van der Waals surface area contributed by atoms with E-state index in [9.17, 15) is 23.4 Å². The van der Waals surface area contributed by atoms with Crippen LogP contribution in [0.5, 0.6) is 11.8 Å². The molecule has 1 aromatic heterocycles. The number of aromatic hydroxyl groups is 2. The fourth-order valence-corrected chi connectivity index (χ4v) is 4.12. The lowest BCUT2D eigenvalue weighted by atomic mass is 9.77. The normalized spacial score (nSPS) is 23.5. The van der Waals surface area contributed by atoms with Gasteiger partial charge in [0.15, 0.2) is 0 Å². The minimum absolute atomic E-state index is 0.0112. The zero-order chi connectivity index (χ0) is 17.2. The summed E-state index contributed by atoms with van der Waals surface area (Å²) in [4.78, 5) is 2.12. The standard InChI is InChI=1S/C17H17F3N2O2/c1-21-8-9-5-6-12(21)14-13(9)15(23)22(16(14)24)11-4-2-3-10(7-11)17(18,19)20/h2-4,7,9,12,23-24H,5-6,8H2,1H3. The second kappa shape index (κ2) is 4.92. The molecule has 3 aliphatic rings. The molecule has 1 aromatic carbocycles. The van der Waals surface area contributed by atoms with Crippen molar-refractivity contribution < 1.29 is 23.4 Å². The van der Waals surface area contributed by atoms with E-state index in [0.717, 1.165) is 36.1 Å². The second-order valence-corrected chi connectivity index (χ2v) is 6.59. The summed E-state index contributed by atoms with van der Waals surface area (Å²) in [6.07, 6.45) is -2.71. The van der Waals surface area contributed by atoms with Crippen molar-refractivity contribution >= 4 is 0 Å². The van der Waals surface area contributed by atoms with E-state index in [1.165, 1.54) is 12.1 Å². The Morgan fingerprint density at radius 2 is 1.79 bits per heavy atom. The minimum atomic E-state index is -4.48. The fraction of sp³-hybridized carbons (Fsp3) is 0.412. The number of rotatable bonds is 1. The van der Waals surface area contributed by atoms with Crippen LogP contribution in [0, 0.1) is 0 Å². The molecule has 24 heavy (non-hydrogen) atoms. The molecule has 0 saturated carbocycles. The van der Waals surface area contributed by atoms with Gasteiger partial charge in [-0.05, 0) is 38.1 Å². The lowest BCUT2D eigenvalue weighted by Crippen LogP contribution is -2.39. The lowest BCUT2D eigenvalue weighted by Gasteiger charge is -2.43. The van der Waals surface area contributed by atoms with Crippen molar-refractivity contribution in [1.29, 1.82) is 0 Å². The number of likely N-dealkylation sites (N-methyl/N-ethyl adjacent to an activating group) is 1. The van der Waals surface area contributed by atoms with E-state index >= 15 is 0 Å². The van der Waals surface area contributed by atoms with Crippen LogP contribution in [0.15, 0.2) is 24.3 Å². The van der Waals surface area contributed by atoms with E-state index in [4.69, 9.17) is 0 Å². The molecule has 128 valence electrons. The van der Waals surface area contributed by atoms with Gasteiger partial charge in [-0.15, -0.1) is 0 Å². The summed E-state index contributed by atoms with van der Waals surface area (Å²) in [7, 11) is 1.96. The molecule has 7 heteroatoms. The van der Waals surface area contributed by atoms with Crippen LogP contribution in [0.25, 0.3) is 5.69 Å². The quantitative estimate of drug-likeness (QED) is 0.832. The van der Waals surface area contributed by atoms with Crippen LogP contribution >= 0.6 is 0 Å². The molecule has 3 heterocycles. The molecule has 0 radical (unpaired) electrons. The molecule has 2 aliphatic heterocycles. The Hall–Kier alpha value is -2.15. The summed E-state index contributed by atoms with van der Waals surface area (Å²) >= 11 is 0. The third-order valence-corrected chi connectivity index (χ3v) is 5.20. The Bertz CT molecular complexity index is 813. The number of hydrogen-bond donors (Lipinski definition) is 2. The van der Waals surface area contributed by atoms with Gasteiger partial charge in [-0.25, -0.2) is 0 Å². The Labute approximate surface area is 136 Å². The zero-order valence-electron chi connectivity index (χ0n) is 13.0. The summed E-state index contributed by atoms with van der Waals surface area (Å²) in [5.74, 6) is -0.222. The first-order valence-electron chi connectivity index (χ1n) is 7.83. The molecule has 0 spiro atoms. The number of nitrogens with zero attached hydrogens (tertiary/aromatic N) is 2. The highest BCUT2D eigenvalue weighted by Gasteiger charge is 2.43. The molecular weight excluding hydrogens is 321 g/mol. The Balaban J connectivity index is 1.90. The van der Waals surface area contributed by atoms with E-state index in [1.54, 1.807) is 0 Å². The number of halogens is 3. The molecule has 2 N–H and O–H groups in total. The second-order valence-electron chi connectivity index (χ2n) is 6.59. The number of benzene rings is 1. The van der Waals surface area contributed by atoms with Crippen molar-refractivity contribution in [3.05, 3.63) is 41.0 Å². The zero-order valence-corrected chi connectivity index (χ0v) is 13.0. The van der Waals surface area contributed by atoms with Crippen molar-refractivity contribution in [2.45, 2.75) is 31.0 Å². The lowest BCUT2D eigenvalue weighted by molar-refractivity contribution is -0.137. The highest BCUT2D eigenvalue weighted by molar-refractivity contribution is 5.58. The van der Waals surface area contributed by atoms with Crippen molar-refractivity contribution in [1.82, 2.24) is 9.47 Å². The molecule has 2 atom stereocenters. The van der Waals surface area contributed by atoms with E-state index in [1.807, 2.05) is 7.05 Å². The van der Waals surface area contributed by atoms with Crippen molar-refractivity contribution in [2.75, 3.05) is 13.6 Å². The topological polar surface area (TPSA) is 48.6 Å². The van der Waals surface area contributed by atoms with Gasteiger partial charge in [0, 0.05) is 29.6 Å². The average Bonchev–Trinajstić information content (AvgIpc) is 2.80. The highest BCUT2D eigenvalue weighted by Crippen LogP contribution is 2.54. The van der Waals surface area contributed by atoms with E-state index < -0.39 is 11.7 Å². The number of piperidine rings is 1. The third kappa shape index (κ3) is 2.04. The molecule has 2 aromatic rings. The number of aromatic nitrogens is 1. The molecule has 4 nitrogen and oxygen atoms in total. The number of alkyl halides is 3. The van der Waals surface area contributed by atoms with Crippen LogP contribution in [0.4, 0.5) is 13.2 Å². The Kier molecular flexibility index (Phi) is 3.16. The van der Waals surface area contributed by atoms with Crippen molar-refractivity contribution in [3.8, 4) is 17.4 Å². The van der Waals surface area contributed by atoms with Gasteiger partial charge in [-0.3, -0.25) is 9.47 Å². The molecule has 2 bridgehead atoms. The summed E-state index contributed by atoms with van der Waals surface area (Å²) in [5, 5.41) is 21.3. The largest absolute Gasteiger partial charge is 0.494 e. The molecule has 1 aliphatic carbocycles. The van der Waals surface area contributed by atoms with Gasteiger partial charge in [-0.2, -0.15) is 13.2 Å². The predicted octanol–water partition coefficient (Wildman–Crippen LogP) is 3.77. The van der Waals surface area contributed by atoms with Crippen LogP contribution in [-0.4, -0.2) is 33.3 Å². The monoisotopic (exact) mass is 338 g/mol. The maximum Gasteiger partial charge on any atom is 0.416 e. The van der Waals surface area contributed by atoms with Crippen LogP contribution in [0.3, 0.4) is 0 Å². The number of fused-ring (bicyclic) bond motifs is 2. The van der Waals surface area contributed by atoms with E-state index in [0.29, 0.717) is 11.1 Å². The molecule has 2 unspecified atom stereocenters. The van der Waals surface area contributed by atoms with E-state index in [-0.39, 0.29) is 29.4 Å². The highest BCUT2D eigenvalue weighted by atomic mass is 19.4. The van der Waals surface area contributed by atoms with Crippen LogP contribution in [0.1, 0.15) is 41.5 Å². The maximum atomic E-state index is 13.0. The third-order valence-electron chi connectivity index (χ3n) is 5.20. The van der Waals surface area contributed by atoms with Crippen LogP contribution in [-0.2, 0) is 6.18 Å². The molecule has 1 fully saturated rings. The molecular formula is C17H17F3N2O2. The van der Waals surface area contributed by atoms with E-state index in [2.05, 4.69) is 4.90 Å². The smallest absolute Gasteiger partial charge is 0.416 e. The summed E-state index contributed by atoms with van der Waals surface area (Å²) in [6.45, 7) is 0.775. The van der Waals surface area contributed by atoms with Gasteiger partial charge in [0.25, 0.3) is 0 Å². The number of hydrogen-bond acceptors (Lipinski definition) is 3. The van der Waals surface area contributed by atoms with Gasteiger partial charge in [0.05, 0.1) is 11.3 Å². The summed E-state index contributed by atoms with van der Waals surface area (Å²) in [5.41, 5.74) is 0.621. The van der Waals surface area contributed by atoms with Gasteiger partial charge in [0.2, 0.25) is 11.8 Å². The maximum absolute atomic E-state index is 13.0. The fourth-order valence-electron chi connectivity index (χ4n) is 4.12. The summed E-state index contributed by atoms with van der Waals surface area (Å²) in [6, 6.07) is 4.63. The minimum Gasteiger partial charge on any atom is -0.494 e. The van der Waals surface area contributed by atoms with Gasteiger partial charge < -0.3 is 10.2 Å². The molecule has 1 saturated heterocycles. The summed E-state index contributed by atoms with van der Waals surface area (Å²) < 4.78 is 40.0. The first kappa shape index (κ1) is 15.4.